The molecular weight excluding hydrogens is 667 g/mol. The Morgan fingerprint density at radius 1 is 0.923 bits per heavy atom. The average molecular weight is 728 g/mol. The molecule has 1 aromatic heterocycles. The molecule has 7 nitrogen and oxygen atoms in total. The Bertz CT molecular complexity index is 1590. The van der Waals surface area contributed by atoms with E-state index in [9.17, 15) is 9.59 Å². The van der Waals surface area contributed by atoms with Gasteiger partial charge in [0.2, 0.25) is 8.32 Å². The molecule has 1 fully saturated rings. The zero-order valence-corrected chi connectivity index (χ0v) is 33.8. The van der Waals surface area contributed by atoms with Crippen LogP contribution >= 0.6 is 0 Å². The summed E-state index contributed by atoms with van der Waals surface area (Å²) < 4.78 is 25.5. The number of pyridine rings is 1. The first-order chi connectivity index (χ1) is 24.7. The van der Waals surface area contributed by atoms with Gasteiger partial charge in [-0.05, 0) is 80.9 Å². The standard InChI is InChI=1S/C44H61NO6Si/c1-9-48-39(46)24-14-10-13-20-36-32-49-42(50-41(36)37-22-15-16-23-38(37)51-52(7,8)43(2,3)4)44(5,6)29-17-11-12-19-33-25-27-34(28-26-33)40(47)35-21-18-30-45-31-35/h10,13,15-16,18,21-23,25-28,30-31,36,41-42H,9,11-12,14,17,19-20,24,29,32H2,1-8H3/b13-10-/t36-,41+,42+/m1/s1. The van der Waals surface area contributed by atoms with Crippen LogP contribution in [0.5, 0.6) is 5.75 Å². The zero-order chi connectivity index (χ0) is 37.8. The summed E-state index contributed by atoms with van der Waals surface area (Å²) in [6, 6.07) is 19.9. The summed E-state index contributed by atoms with van der Waals surface area (Å²) in [7, 11) is -2.10. The summed E-state index contributed by atoms with van der Waals surface area (Å²) in [5.74, 6) is 0.834. The van der Waals surface area contributed by atoms with Gasteiger partial charge in [-0.15, -0.1) is 0 Å². The fourth-order valence-electron chi connectivity index (χ4n) is 6.26. The van der Waals surface area contributed by atoms with Crippen molar-refractivity contribution in [3.8, 4) is 5.75 Å². The molecule has 1 aliphatic rings. The molecule has 1 saturated heterocycles. The van der Waals surface area contributed by atoms with Crippen molar-refractivity contribution < 1.29 is 28.2 Å². The molecule has 0 saturated carbocycles. The van der Waals surface area contributed by atoms with Crippen LogP contribution in [-0.4, -0.2) is 44.6 Å². The number of carbonyl (C=O) groups is 2. The van der Waals surface area contributed by atoms with Crippen molar-refractivity contribution in [2.45, 2.75) is 123 Å². The number of ether oxygens (including phenoxy) is 3. The van der Waals surface area contributed by atoms with Crippen LogP contribution in [-0.2, 0) is 25.4 Å². The maximum absolute atomic E-state index is 12.7. The van der Waals surface area contributed by atoms with Crippen LogP contribution in [0.25, 0.3) is 0 Å². The number of allylic oxidation sites excluding steroid dienone is 2. The van der Waals surface area contributed by atoms with Crippen molar-refractivity contribution in [1.29, 1.82) is 0 Å². The van der Waals surface area contributed by atoms with Crippen LogP contribution in [0.2, 0.25) is 18.1 Å². The number of unbranched alkanes of at least 4 members (excludes halogenated alkanes) is 2. The Morgan fingerprint density at radius 3 is 2.37 bits per heavy atom. The number of hydrogen-bond acceptors (Lipinski definition) is 7. The van der Waals surface area contributed by atoms with E-state index >= 15 is 0 Å². The molecule has 3 aromatic rings. The van der Waals surface area contributed by atoms with E-state index in [0.29, 0.717) is 37.2 Å². The second-order valence-corrected chi connectivity index (χ2v) is 21.0. The highest BCUT2D eigenvalue weighted by Gasteiger charge is 2.43. The summed E-state index contributed by atoms with van der Waals surface area (Å²) in [4.78, 5) is 28.6. The molecule has 0 N–H and O–H groups in total. The lowest BCUT2D eigenvalue weighted by molar-refractivity contribution is -0.279. The molecule has 0 aliphatic carbocycles. The molecule has 52 heavy (non-hydrogen) atoms. The number of para-hydroxylation sites is 1. The number of benzene rings is 2. The van der Waals surface area contributed by atoms with Crippen molar-refractivity contribution >= 4 is 20.1 Å². The van der Waals surface area contributed by atoms with Gasteiger partial charge in [-0.1, -0.05) is 102 Å². The highest BCUT2D eigenvalue weighted by atomic mass is 28.4. The van der Waals surface area contributed by atoms with Crippen LogP contribution in [0.15, 0.2) is 85.2 Å². The van der Waals surface area contributed by atoms with E-state index in [1.165, 1.54) is 5.56 Å². The van der Waals surface area contributed by atoms with Gasteiger partial charge in [0.1, 0.15) is 5.75 Å². The number of ketones is 1. The van der Waals surface area contributed by atoms with Gasteiger partial charge in [-0.2, -0.15) is 0 Å². The Morgan fingerprint density at radius 2 is 1.67 bits per heavy atom. The highest BCUT2D eigenvalue weighted by molar-refractivity contribution is 6.74. The molecular formula is C44H61NO6Si. The van der Waals surface area contributed by atoms with Crippen LogP contribution in [0.4, 0.5) is 0 Å². The third kappa shape index (κ3) is 11.7. The summed E-state index contributed by atoms with van der Waals surface area (Å²) in [5, 5.41) is 0.0605. The molecule has 4 rings (SSSR count). The minimum Gasteiger partial charge on any atom is -0.543 e. The predicted molar refractivity (Wildman–Crippen MR) is 211 cm³/mol. The topological polar surface area (TPSA) is 84.0 Å². The predicted octanol–water partition coefficient (Wildman–Crippen LogP) is 10.8. The van der Waals surface area contributed by atoms with Gasteiger partial charge in [0.05, 0.1) is 19.3 Å². The average Bonchev–Trinajstić information content (AvgIpc) is 3.11. The summed E-state index contributed by atoms with van der Waals surface area (Å²) >= 11 is 0. The van der Waals surface area contributed by atoms with Crippen molar-refractivity contribution in [2.24, 2.45) is 11.3 Å². The number of nitrogens with zero attached hydrogens (tertiary/aromatic N) is 1. The fraction of sp³-hybridized carbons (Fsp3) is 0.523. The third-order valence-electron chi connectivity index (χ3n) is 10.5. The molecule has 2 aromatic carbocycles. The van der Waals surface area contributed by atoms with E-state index < -0.39 is 8.32 Å². The van der Waals surface area contributed by atoms with Crippen LogP contribution < -0.4 is 4.43 Å². The first kappa shape index (κ1) is 41.2. The first-order valence-electron chi connectivity index (χ1n) is 19.1. The highest BCUT2D eigenvalue weighted by Crippen LogP contribution is 2.46. The summed E-state index contributed by atoms with van der Waals surface area (Å²) in [5.41, 5.74) is 3.42. The lowest BCUT2D eigenvalue weighted by atomic mass is 9.84. The molecule has 0 unspecified atom stereocenters. The maximum Gasteiger partial charge on any atom is 0.306 e. The number of carbonyl (C=O) groups excluding carboxylic acids is 2. The molecule has 1 aliphatic heterocycles. The second kappa shape index (κ2) is 18.9. The number of aryl methyl sites for hydroxylation is 1. The minimum atomic E-state index is -2.10. The molecule has 282 valence electrons. The lowest BCUT2D eigenvalue weighted by Crippen LogP contribution is -2.45. The van der Waals surface area contributed by atoms with Crippen molar-refractivity contribution in [3.05, 3.63) is 107 Å². The van der Waals surface area contributed by atoms with Crippen LogP contribution in [0.1, 0.15) is 120 Å². The number of aromatic nitrogens is 1. The fourth-order valence-corrected chi connectivity index (χ4v) is 7.30. The zero-order valence-electron chi connectivity index (χ0n) is 32.8. The van der Waals surface area contributed by atoms with Gasteiger partial charge in [0.15, 0.2) is 12.1 Å². The van der Waals surface area contributed by atoms with Gasteiger partial charge < -0.3 is 18.6 Å². The largest absolute Gasteiger partial charge is 0.543 e. The van der Waals surface area contributed by atoms with Gasteiger partial charge in [0, 0.05) is 46.8 Å². The van der Waals surface area contributed by atoms with E-state index in [4.69, 9.17) is 18.6 Å². The lowest BCUT2D eigenvalue weighted by Gasteiger charge is -2.44. The first-order valence-corrected chi connectivity index (χ1v) is 22.0. The van der Waals surface area contributed by atoms with Gasteiger partial charge in [0.25, 0.3) is 0 Å². The SMILES string of the molecule is CCOC(=O)CC/C=C\C[C@@H]1CO[C@H](C(C)(C)CCCCCc2ccc(C(=O)c3cccnc3)cc2)O[C@@H]1c1ccccc1O[Si](C)(C)C(C)(C)C. The van der Waals surface area contributed by atoms with Crippen LogP contribution in [0, 0.1) is 11.3 Å². The maximum atomic E-state index is 12.7. The Balaban J connectivity index is 1.38. The van der Waals surface area contributed by atoms with Crippen molar-refractivity contribution in [1.82, 2.24) is 4.98 Å². The van der Waals surface area contributed by atoms with E-state index in [-0.39, 0.29) is 40.5 Å². The Labute approximate surface area is 313 Å². The third-order valence-corrected chi connectivity index (χ3v) is 14.9. The summed E-state index contributed by atoms with van der Waals surface area (Å²) in [6.07, 6.45) is 13.9. The van der Waals surface area contributed by atoms with E-state index in [0.717, 1.165) is 49.8 Å². The normalized spacial score (nSPS) is 18.3. The molecule has 0 spiro atoms. The van der Waals surface area contributed by atoms with Gasteiger partial charge >= 0.3 is 5.97 Å². The van der Waals surface area contributed by atoms with E-state index in [1.807, 2.05) is 25.1 Å². The molecule has 3 atom stereocenters. The van der Waals surface area contributed by atoms with Crippen molar-refractivity contribution in [3.63, 3.8) is 0 Å². The van der Waals surface area contributed by atoms with E-state index in [1.54, 1.807) is 24.5 Å². The number of esters is 1. The van der Waals surface area contributed by atoms with Gasteiger partial charge in [-0.25, -0.2) is 0 Å². The van der Waals surface area contributed by atoms with Crippen LogP contribution in [0.3, 0.4) is 0 Å². The number of hydrogen-bond donors (Lipinski definition) is 0. The second-order valence-electron chi connectivity index (χ2n) is 16.3. The molecule has 2 heterocycles. The van der Waals surface area contributed by atoms with Crippen molar-refractivity contribution in [2.75, 3.05) is 13.2 Å². The Hall–Kier alpha value is -3.59. The number of rotatable bonds is 18. The monoisotopic (exact) mass is 727 g/mol. The smallest absolute Gasteiger partial charge is 0.306 e. The molecule has 0 bridgehead atoms. The molecule has 0 radical (unpaired) electrons. The van der Waals surface area contributed by atoms with E-state index in [2.05, 4.69) is 95.2 Å². The summed E-state index contributed by atoms with van der Waals surface area (Å²) in [6.45, 7) is 18.7. The molecule has 0 amide bonds. The Kier molecular flexibility index (Phi) is 15.0. The quantitative estimate of drug-likeness (QED) is 0.0424. The molecule has 8 heteroatoms. The minimum absolute atomic E-state index is 0.00305. The van der Waals surface area contributed by atoms with Gasteiger partial charge in [-0.3, -0.25) is 14.6 Å².